The highest BCUT2D eigenvalue weighted by molar-refractivity contribution is 7.28. The van der Waals surface area contributed by atoms with Crippen LogP contribution in [0.1, 0.15) is 55.6 Å². The van der Waals surface area contributed by atoms with Gasteiger partial charge in [0, 0.05) is 30.4 Å². The molecular formula is C26H36F4N5P. The van der Waals surface area contributed by atoms with Crippen LogP contribution < -0.4 is 27.4 Å². The number of pyridine rings is 1. The van der Waals surface area contributed by atoms with Gasteiger partial charge in [0.05, 0.1) is 5.56 Å². The van der Waals surface area contributed by atoms with Crippen molar-refractivity contribution in [2.75, 3.05) is 24.2 Å². The van der Waals surface area contributed by atoms with Crippen LogP contribution in [0.3, 0.4) is 0 Å². The van der Waals surface area contributed by atoms with Crippen molar-refractivity contribution in [1.82, 2.24) is 4.98 Å². The van der Waals surface area contributed by atoms with Gasteiger partial charge in [-0.05, 0) is 54.2 Å². The fraction of sp³-hybridized carbons (Fsp3) is 0.346. The summed E-state index contributed by atoms with van der Waals surface area (Å²) >= 11 is 0. The highest BCUT2D eigenvalue weighted by Crippen LogP contribution is 2.34. The van der Waals surface area contributed by atoms with E-state index in [1.165, 1.54) is 43.6 Å². The third-order valence-electron chi connectivity index (χ3n) is 4.93. The Morgan fingerprint density at radius 2 is 1.69 bits per heavy atom. The lowest BCUT2D eigenvalue weighted by atomic mass is 10.0. The molecule has 198 valence electrons. The van der Waals surface area contributed by atoms with Crippen LogP contribution >= 0.6 is 9.24 Å². The van der Waals surface area contributed by atoms with Gasteiger partial charge in [0.2, 0.25) is 0 Å². The minimum Gasteiger partial charge on any atom is -0.384 e. The molecule has 0 spiro atoms. The number of nitrogens with zero attached hydrogens (tertiary/aromatic N) is 1. The SMILES string of the molecule is CC.CCCNc1c(P)cc(F)cc1Cc1cccnc1NC(N)c1ccccc1C(F)(F)F.CN. The Kier molecular flexibility index (Phi) is 13.4. The molecule has 6 N–H and O–H groups in total. The van der Waals surface area contributed by atoms with Gasteiger partial charge in [-0.1, -0.05) is 45.0 Å². The third-order valence-corrected chi connectivity index (χ3v) is 5.39. The first-order chi connectivity index (χ1) is 17.2. The van der Waals surface area contributed by atoms with Gasteiger partial charge in [0.1, 0.15) is 17.8 Å². The molecule has 0 aliphatic rings. The Bertz CT molecular complexity index is 1080. The summed E-state index contributed by atoms with van der Waals surface area (Å²) in [6, 6.07) is 11.5. The lowest BCUT2D eigenvalue weighted by Crippen LogP contribution is -2.25. The normalized spacial score (nSPS) is 11.4. The molecule has 0 aliphatic carbocycles. The zero-order valence-electron chi connectivity index (χ0n) is 21.1. The van der Waals surface area contributed by atoms with Crippen molar-refractivity contribution in [2.24, 2.45) is 11.5 Å². The smallest absolute Gasteiger partial charge is 0.384 e. The third kappa shape index (κ3) is 8.73. The topological polar surface area (TPSA) is 89.0 Å². The van der Waals surface area contributed by atoms with E-state index in [0.29, 0.717) is 28.7 Å². The maximum Gasteiger partial charge on any atom is 0.416 e. The van der Waals surface area contributed by atoms with E-state index in [1.807, 2.05) is 20.8 Å². The highest BCUT2D eigenvalue weighted by atomic mass is 31.0. The number of hydrogen-bond acceptors (Lipinski definition) is 5. The maximum atomic E-state index is 14.1. The molecule has 2 aromatic carbocycles. The van der Waals surface area contributed by atoms with Gasteiger partial charge in [-0.3, -0.25) is 0 Å². The Morgan fingerprint density at radius 1 is 1.03 bits per heavy atom. The molecule has 0 amide bonds. The van der Waals surface area contributed by atoms with Crippen molar-refractivity contribution in [2.45, 2.75) is 46.0 Å². The monoisotopic (exact) mass is 525 g/mol. The highest BCUT2D eigenvalue weighted by Gasteiger charge is 2.34. The Balaban J connectivity index is 0.00000154. The second kappa shape index (κ2) is 15.4. The van der Waals surface area contributed by atoms with Crippen LogP contribution in [0.5, 0.6) is 0 Å². The van der Waals surface area contributed by atoms with Crippen LogP contribution in [-0.2, 0) is 12.6 Å². The molecule has 0 saturated carbocycles. The van der Waals surface area contributed by atoms with Crippen LogP contribution in [0.2, 0.25) is 0 Å². The predicted molar refractivity (Wildman–Crippen MR) is 145 cm³/mol. The standard InChI is InChI=1S/C23H25F4N4P.C2H6.CH5N/c1-2-9-29-20-15(12-16(24)13-19(20)32)11-14-6-5-10-30-22(14)31-21(28)17-7-3-4-8-18(17)23(25,26)27;2*1-2/h3-8,10,12-13,21,29H,2,9,11,28,32H2,1H3,(H,30,31);1-2H3;2H2,1H3. The van der Waals surface area contributed by atoms with Gasteiger partial charge in [0.25, 0.3) is 0 Å². The van der Waals surface area contributed by atoms with Crippen LogP contribution in [-0.4, -0.2) is 18.6 Å². The molecule has 0 saturated heterocycles. The van der Waals surface area contributed by atoms with E-state index < -0.39 is 17.9 Å². The van der Waals surface area contributed by atoms with Crippen molar-refractivity contribution < 1.29 is 17.6 Å². The number of nitrogens with two attached hydrogens (primary N) is 2. The fourth-order valence-corrected chi connectivity index (χ4v) is 3.91. The summed E-state index contributed by atoms with van der Waals surface area (Å²) in [6.45, 7) is 6.75. The molecule has 0 bridgehead atoms. The van der Waals surface area contributed by atoms with Gasteiger partial charge < -0.3 is 22.1 Å². The van der Waals surface area contributed by atoms with Crippen LogP contribution in [0, 0.1) is 5.82 Å². The van der Waals surface area contributed by atoms with Crippen LogP contribution in [0.4, 0.5) is 29.1 Å². The van der Waals surface area contributed by atoms with Gasteiger partial charge >= 0.3 is 6.18 Å². The zero-order chi connectivity index (χ0) is 27.3. The van der Waals surface area contributed by atoms with E-state index in [-0.39, 0.29) is 11.4 Å². The molecule has 0 fully saturated rings. The molecule has 2 atom stereocenters. The van der Waals surface area contributed by atoms with E-state index in [9.17, 15) is 17.6 Å². The largest absolute Gasteiger partial charge is 0.416 e. The number of halogens is 4. The minimum atomic E-state index is -4.53. The van der Waals surface area contributed by atoms with Crippen LogP contribution in [0.25, 0.3) is 0 Å². The Labute approximate surface area is 213 Å². The Morgan fingerprint density at radius 3 is 2.33 bits per heavy atom. The van der Waals surface area contributed by atoms with Crippen molar-refractivity contribution in [3.63, 3.8) is 0 Å². The minimum absolute atomic E-state index is 0.0834. The molecule has 36 heavy (non-hydrogen) atoms. The maximum absolute atomic E-state index is 14.1. The number of alkyl halides is 3. The van der Waals surface area contributed by atoms with Gasteiger partial charge in [-0.2, -0.15) is 13.2 Å². The summed E-state index contributed by atoms with van der Waals surface area (Å²) in [5.74, 6) is -0.0331. The van der Waals surface area contributed by atoms with E-state index in [0.717, 1.165) is 24.7 Å². The number of benzene rings is 2. The molecule has 3 rings (SSSR count). The lowest BCUT2D eigenvalue weighted by Gasteiger charge is -2.21. The molecular weight excluding hydrogens is 489 g/mol. The Hall–Kier alpha value is -2.74. The van der Waals surface area contributed by atoms with Gasteiger partial charge in [0.15, 0.2) is 0 Å². The quantitative estimate of drug-likeness (QED) is 0.169. The summed E-state index contributed by atoms with van der Waals surface area (Å²) in [5, 5.41) is 6.91. The summed E-state index contributed by atoms with van der Waals surface area (Å²) in [7, 11) is 4.03. The molecule has 1 heterocycles. The number of hydrogen-bond donors (Lipinski definition) is 4. The van der Waals surface area contributed by atoms with Gasteiger partial charge in [-0.25, -0.2) is 9.37 Å². The molecule has 3 aromatic rings. The molecule has 0 radical (unpaired) electrons. The number of nitrogens with one attached hydrogen (secondary N) is 2. The molecule has 10 heteroatoms. The van der Waals surface area contributed by atoms with E-state index in [2.05, 4.69) is 30.6 Å². The number of rotatable bonds is 8. The van der Waals surface area contributed by atoms with Crippen molar-refractivity contribution >= 4 is 26.0 Å². The lowest BCUT2D eigenvalue weighted by molar-refractivity contribution is -0.138. The average Bonchev–Trinajstić information content (AvgIpc) is 2.86. The van der Waals surface area contributed by atoms with E-state index in [1.54, 1.807) is 12.1 Å². The van der Waals surface area contributed by atoms with Crippen molar-refractivity contribution in [3.05, 3.63) is 82.8 Å². The summed E-state index contributed by atoms with van der Waals surface area (Å²) in [5.41, 5.74) is 11.9. The fourth-order valence-electron chi connectivity index (χ4n) is 3.46. The summed E-state index contributed by atoms with van der Waals surface area (Å²) in [4.78, 5) is 4.28. The van der Waals surface area contributed by atoms with Crippen LogP contribution in [0.15, 0.2) is 54.7 Å². The molecule has 5 nitrogen and oxygen atoms in total. The first kappa shape index (κ1) is 31.3. The van der Waals surface area contributed by atoms with Crippen molar-refractivity contribution in [3.8, 4) is 0 Å². The van der Waals surface area contributed by atoms with E-state index >= 15 is 0 Å². The first-order valence-corrected chi connectivity index (χ1v) is 12.3. The number of aromatic nitrogens is 1. The van der Waals surface area contributed by atoms with E-state index in [4.69, 9.17) is 5.73 Å². The summed E-state index contributed by atoms with van der Waals surface area (Å²) < 4.78 is 54.3. The summed E-state index contributed by atoms with van der Waals surface area (Å²) in [6.07, 6.45) is -2.93. The molecule has 2 unspecified atom stereocenters. The first-order valence-electron chi connectivity index (χ1n) is 11.7. The second-order valence-electron chi connectivity index (χ2n) is 7.35. The predicted octanol–water partition coefficient (Wildman–Crippen LogP) is 5.82. The van der Waals surface area contributed by atoms with Crippen molar-refractivity contribution in [1.29, 1.82) is 0 Å². The average molecular weight is 526 g/mol. The molecule has 1 aromatic heterocycles. The molecule has 0 aliphatic heterocycles. The number of anilines is 2. The second-order valence-corrected chi connectivity index (χ2v) is 7.97. The van der Waals surface area contributed by atoms with Gasteiger partial charge in [-0.15, -0.1) is 9.24 Å². The zero-order valence-corrected chi connectivity index (χ0v) is 22.2.